The van der Waals surface area contributed by atoms with Crippen LogP contribution < -0.4 is 11.1 Å². The topological polar surface area (TPSA) is 104 Å². The highest BCUT2D eigenvalue weighted by Gasteiger charge is 2.18. The van der Waals surface area contributed by atoms with E-state index in [1.54, 1.807) is 5.38 Å². The Balaban J connectivity index is 1.81. The molecule has 0 saturated carbocycles. The van der Waals surface area contributed by atoms with Gasteiger partial charge in [-0.2, -0.15) is 0 Å². The van der Waals surface area contributed by atoms with Crippen molar-refractivity contribution in [2.45, 2.75) is 19.3 Å². The fraction of sp³-hybridized carbons (Fsp3) is 0.583. The number of nitrogens with zero attached hydrogens (tertiary/aromatic N) is 3. The third-order valence-electron chi connectivity index (χ3n) is 3.24. The van der Waals surface area contributed by atoms with Gasteiger partial charge in [-0.1, -0.05) is 11.6 Å². The molecule has 110 valence electrons. The predicted octanol–water partition coefficient (Wildman–Crippen LogP) is 0.506. The van der Waals surface area contributed by atoms with Gasteiger partial charge in [0.15, 0.2) is 10.8 Å². The SMILES string of the molecule is Nc1nc(C(=NO)C(=O)NCCN2CCCCC2)cs1. The Bertz CT molecular complexity index is 482. The second kappa shape index (κ2) is 7.20. The van der Waals surface area contributed by atoms with Gasteiger partial charge in [-0.05, 0) is 25.9 Å². The molecule has 0 atom stereocenters. The minimum atomic E-state index is -0.435. The van der Waals surface area contributed by atoms with E-state index in [2.05, 4.69) is 20.4 Å². The molecule has 0 unspecified atom stereocenters. The Labute approximate surface area is 121 Å². The molecule has 1 aromatic rings. The summed E-state index contributed by atoms with van der Waals surface area (Å²) in [4.78, 5) is 18.2. The second-order valence-electron chi connectivity index (χ2n) is 4.68. The van der Waals surface area contributed by atoms with E-state index in [0.29, 0.717) is 17.4 Å². The lowest BCUT2D eigenvalue weighted by atomic mass is 10.1. The van der Waals surface area contributed by atoms with Crippen molar-refractivity contribution in [3.63, 3.8) is 0 Å². The van der Waals surface area contributed by atoms with Gasteiger partial charge < -0.3 is 21.2 Å². The molecular formula is C12H19N5O2S. The average Bonchev–Trinajstić information content (AvgIpc) is 2.87. The number of carbonyl (C=O) groups excluding carboxylic acids is 1. The standard InChI is InChI=1S/C12H19N5O2S/c13-12-15-9(8-20-12)10(16-19)11(18)14-4-7-17-5-2-1-3-6-17/h8,19H,1-7H2,(H2,13,15)(H,14,18). The molecule has 20 heavy (non-hydrogen) atoms. The Morgan fingerprint density at radius 2 is 2.25 bits per heavy atom. The molecule has 1 aromatic heterocycles. The number of nitrogen functional groups attached to an aromatic ring is 1. The van der Waals surface area contributed by atoms with E-state index in [0.717, 1.165) is 19.6 Å². The molecule has 1 aliphatic heterocycles. The van der Waals surface area contributed by atoms with Crippen molar-refractivity contribution in [2.24, 2.45) is 5.16 Å². The van der Waals surface area contributed by atoms with Crippen LogP contribution >= 0.6 is 11.3 Å². The summed E-state index contributed by atoms with van der Waals surface area (Å²) < 4.78 is 0. The molecule has 0 spiro atoms. The van der Waals surface area contributed by atoms with Gasteiger partial charge in [0.1, 0.15) is 5.69 Å². The monoisotopic (exact) mass is 297 g/mol. The van der Waals surface area contributed by atoms with Crippen LogP contribution in [0.1, 0.15) is 25.0 Å². The van der Waals surface area contributed by atoms with Crippen LogP contribution in [0.5, 0.6) is 0 Å². The molecule has 7 nitrogen and oxygen atoms in total. The minimum absolute atomic E-state index is 0.100. The fourth-order valence-corrected chi connectivity index (χ4v) is 2.75. The normalized spacial score (nSPS) is 17.1. The van der Waals surface area contributed by atoms with Gasteiger partial charge >= 0.3 is 0 Å². The number of hydrogen-bond donors (Lipinski definition) is 3. The van der Waals surface area contributed by atoms with Crippen LogP contribution in [0, 0.1) is 0 Å². The number of nitrogens with one attached hydrogen (secondary N) is 1. The zero-order valence-corrected chi connectivity index (χ0v) is 12.0. The molecule has 1 fully saturated rings. The molecular weight excluding hydrogens is 278 g/mol. The van der Waals surface area contributed by atoms with Crippen molar-refractivity contribution in [2.75, 3.05) is 31.9 Å². The Morgan fingerprint density at radius 1 is 1.50 bits per heavy atom. The van der Waals surface area contributed by atoms with Gasteiger partial charge in [0.05, 0.1) is 0 Å². The van der Waals surface area contributed by atoms with Crippen molar-refractivity contribution >= 4 is 28.1 Å². The smallest absolute Gasteiger partial charge is 0.275 e. The van der Waals surface area contributed by atoms with Crippen molar-refractivity contribution in [1.29, 1.82) is 0 Å². The summed E-state index contributed by atoms with van der Waals surface area (Å²) in [5.41, 5.74) is 5.70. The molecule has 8 heteroatoms. The fourth-order valence-electron chi connectivity index (χ4n) is 2.20. The van der Waals surface area contributed by atoms with Crippen LogP contribution in [0.4, 0.5) is 5.13 Å². The third-order valence-corrected chi connectivity index (χ3v) is 3.92. The van der Waals surface area contributed by atoms with Gasteiger partial charge in [0.2, 0.25) is 0 Å². The molecule has 1 aliphatic rings. The Hall–Kier alpha value is -1.67. The number of aromatic nitrogens is 1. The highest BCUT2D eigenvalue weighted by molar-refractivity contribution is 7.13. The Kier molecular flexibility index (Phi) is 5.31. The van der Waals surface area contributed by atoms with Crippen molar-refractivity contribution < 1.29 is 10.0 Å². The molecule has 0 radical (unpaired) electrons. The summed E-state index contributed by atoms with van der Waals surface area (Å²) in [5.74, 6) is -0.435. The molecule has 0 aromatic carbocycles. The number of nitrogens with two attached hydrogens (primary N) is 1. The molecule has 0 aliphatic carbocycles. The first-order chi connectivity index (χ1) is 9.70. The summed E-state index contributed by atoms with van der Waals surface area (Å²) in [6, 6.07) is 0. The van der Waals surface area contributed by atoms with Gasteiger partial charge in [-0.3, -0.25) is 4.79 Å². The summed E-state index contributed by atoms with van der Waals surface area (Å²) in [6.07, 6.45) is 3.72. The van der Waals surface area contributed by atoms with Gasteiger partial charge in [-0.25, -0.2) is 4.98 Å². The molecule has 1 saturated heterocycles. The van der Waals surface area contributed by atoms with E-state index in [1.807, 2.05) is 0 Å². The molecule has 1 amide bonds. The number of likely N-dealkylation sites (tertiary alicyclic amines) is 1. The number of carbonyl (C=O) groups is 1. The molecule has 4 N–H and O–H groups in total. The minimum Gasteiger partial charge on any atom is -0.410 e. The molecule has 2 heterocycles. The number of anilines is 1. The van der Waals surface area contributed by atoms with Crippen LogP contribution in [0.15, 0.2) is 10.5 Å². The maximum absolute atomic E-state index is 11.9. The lowest BCUT2D eigenvalue weighted by Gasteiger charge is -2.26. The number of thiazole rings is 1. The number of oxime groups is 1. The van der Waals surface area contributed by atoms with E-state index >= 15 is 0 Å². The number of amides is 1. The first-order valence-electron chi connectivity index (χ1n) is 6.64. The van der Waals surface area contributed by atoms with E-state index in [4.69, 9.17) is 10.9 Å². The van der Waals surface area contributed by atoms with Crippen molar-refractivity contribution in [3.8, 4) is 0 Å². The lowest BCUT2D eigenvalue weighted by Crippen LogP contribution is -2.40. The predicted molar refractivity (Wildman–Crippen MR) is 78.2 cm³/mol. The number of piperidine rings is 1. The zero-order valence-electron chi connectivity index (χ0n) is 11.2. The van der Waals surface area contributed by atoms with E-state index < -0.39 is 5.91 Å². The van der Waals surface area contributed by atoms with Crippen molar-refractivity contribution in [1.82, 2.24) is 15.2 Å². The number of hydrogen-bond acceptors (Lipinski definition) is 7. The maximum atomic E-state index is 11.9. The van der Waals surface area contributed by atoms with Gasteiger partial charge in [-0.15, -0.1) is 11.3 Å². The molecule has 0 bridgehead atoms. The van der Waals surface area contributed by atoms with Crippen LogP contribution in [0.3, 0.4) is 0 Å². The quantitative estimate of drug-likeness (QED) is 0.417. The maximum Gasteiger partial charge on any atom is 0.275 e. The second-order valence-corrected chi connectivity index (χ2v) is 5.57. The summed E-state index contributed by atoms with van der Waals surface area (Å²) in [7, 11) is 0. The highest BCUT2D eigenvalue weighted by atomic mass is 32.1. The third kappa shape index (κ3) is 3.91. The summed E-state index contributed by atoms with van der Waals surface area (Å²) in [6.45, 7) is 3.50. The Morgan fingerprint density at radius 3 is 2.85 bits per heavy atom. The zero-order chi connectivity index (χ0) is 14.4. The van der Waals surface area contributed by atoms with E-state index in [9.17, 15) is 4.79 Å². The van der Waals surface area contributed by atoms with Crippen LogP contribution in [-0.4, -0.2) is 52.9 Å². The van der Waals surface area contributed by atoms with Crippen molar-refractivity contribution in [3.05, 3.63) is 11.1 Å². The van der Waals surface area contributed by atoms with Crippen LogP contribution in [0.2, 0.25) is 0 Å². The van der Waals surface area contributed by atoms with Gasteiger partial charge in [0, 0.05) is 18.5 Å². The number of rotatable bonds is 5. The highest BCUT2D eigenvalue weighted by Crippen LogP contribution is 2.12. The molecule has 2 rings (SSSR count). The first-order valence-corrected chi connectivity index (χ1v) is 7.52. The summed E-state index contributed by atoms with van der Waals surface area (Å²) >= 11 is 1.20. The van der Waals surface area contributed by atoms with Gasteiger partial charge in [0.25, 0.3) is 5.91 Å². The van der Waals surface area contributed by atoms with E-state index in [1.165, 1.54) is 30.6 Å². The first kappa shape index (κ1) is 14.7. The van der Waals surface area contributed by atoms with Crippen LogP contribution in [0.25, 0.3) is 0 Å². The van der Waals surface area contributed by atoms with E-state index in [-0.39, 0.29) is 5.71 Å². The average molecular weight is 297 g/mol. The van der Waals surface area contributed by atoms with Crippen LogP contribution in [-0.2, 0) is 4.79 Å². The summed E-state index contributed by atoms with van der Waals surface area (Å²) in [5, 5.41) is 16.6. The largest absolute Gasteiger partial charge is 0.410 e. The lowest BCUT2D eigenvalue weighted by molar-refractivity contribution is -0.114.